The van der Waals surface area contributed by atoms with Crippen LogP contribution in [0.4, 0.5) is 26.3 Å². The van der Waals surface area contributed by atoms with Gasteiger partial charge in [0, 0.05) is 0 Å². The van der Waals surface area contributed by atoms with E-state index in [0.29, 0.717) is 0 Å². The Balaban J connectivity index is 0. The van der Waals surface area contributed by atoms with Gasteiger partial charge in [0.2, 0.25) is 0 Å². The van der Waals surface area contributed by atoms with Crippen LogP contribution < -0.4 is 4.72 Å². The molecule has 0 amide bonds. The fourth-order valence-corrected chi connectivity index (χ4v) is 0.631. The first-order valence-electron chi connectivity index (χ1n) is 2.13. The molecule has 0 unspecified atom stereocenters. The van der Waals surface area contributed by atoms with Crippen LogP contribution in [-0.2, 0) is 10.0 Å². The Morgan fingerprint density at radius 1 is 0.923 bits per heavy atom. The Morgan fingerprint density at radius 2 is 1.23 bits per heavy atom. The Bertz CT molecular complexity index is 253. The van der Waals surface area contributed by atoms with Gasteiger partial charge in [-0.25, -0.2) is 8.42 Å². The summed E-state index contributed by atoms with van der Waals surface area (Å²) in [6, 6.07) is 0. The summed E-state index contributed by atoms with van der Waals surface area (Å²) in [6.45, 7) is 0. The molecule has 0 rings (SSSR count). The van der Waals surface area contributed by atoms with E-state index in [1.807, 2.05) is 0 Å². The van der Waals surface area contributed by atoms with Crippen LogP contribution >= 0.6 is 0 Å². The second kappa shape index (κ2) is 4.08. The first kappa shape index (κ1) is 15.6. The van der Waals surface area contributed by atoms with Gasteiger partial charge in [-0.05, 0) is 0 Å². The molecule has 0 bridgehead atoms. The summed E-state index contributed by atoms with van der Waals surface area (Å²) in [4.78, 5) is 0. The zero-order valence-corrected chi connectivity index (χ0v) is 5.81. The van der Waals surface area contributed by atoms with Crippen molar-refractivity contribution < 1.29 is 34.8 Å². The normalized spacial score (nSPS) is 13.7. The molecule has 0 aromatic carbocycles. The molecule has 0 atom stereocenters. The van der Waals surface area contributed by atoms with Crippen molar-refractivity contribution in [3.63, 3.8) is 0 Å². The standard InChI is InChI=1S/C2HF6NO2S.Li.H/c3-1(4,5)9-12(10,11)2(6,7)8;;/h9H;;. The molecule has 3 nitrogen and oxygen atoms in total. The maximum atomic E-state index is 11.2. The van der Waals surface area contributed by atoms with Crippen molar-refractivity contribution in [2.45, 2.75) is 11.8 Å². The molecule has 11 heteroatoms. The molecule has 13 heavy (non-hydrogen) atoms. The van der Waals surface area contributed by atoms with Crippen LogP contribution in [0.5, 0.6) is 0 Å². The molecule has 0 fully saturated rings. The van der Waals surface area contributed by atoms with Crippen molar-refractivity contribution >= 4 is 28.9 Å². The summed E-state index contributed by atoms with van der Waals surface area (Å²) in [7, 11) is -6.33. The molecular formula is C2H2F6LiNO2S. The van der Waals surface area contributed by atoms with E-state index in [0.717, 1.165) is 0 Å². The number of rotatable bonds is 1. The van der Waals surface area contributed by atoms with E-state index < -0.39 is 26.6 Å². The predicted octanol–water partition coefficient (Wildman–Crippen LogP) is 0.297. The fourth-order valence-electron chi connectivity index (χ4n) is 0.210. The van der Waals surface area contributed by atoms with Gasteiger partial charge in [-0.15, -0.1) is 4.72 Å². The average Bonchev–Trinajstić information content (AvgIpc) is 1.52. The van der Waals surface area contributed by atoms with E-state index in [2.05, 4.69) is 0 Å². The third-order valence-electron chi connectivity index (χ3n) is 0.555. The van der Waals surface area contributed by atoms with Gasteiger partial charge in [0.15, 0.2) is 0 Å². The number of halogens is 6. The van der Waals surface area contributed by atoms with Gasteiger partial charge < -0.3 is 0 Å². The zero-order chi connectivity index (χ0) is 10.2. The molecule has 0 aliphatic heterocycles. The summed E-state index contributed by atoms with van der Waals surface area (Å²) < 4.78 is 85.8. The van der Waals surface area contributed by atoms with Crippen LogP contribution in [0.25, 0.3) is 0 Å². The van der Waals surface area contributed by atoms with Gasteiger partial charge >= 0.3 is 40.7 Å². The first-order valence-corrected chi connectivity index (χ1v) is 3.61. The molecule has 0 aliphatic rings. The summed E-state index contributed by atoms with van der Waals surface area (Å²) in [6.07, 6.45) is -5.62. The minimum absolute atomic E-state index is 0. The topological polar surface area (TPSA) is 46.2 Å². The second-order valence-corrected chi connectivity index (χ2v) is 3.22. The monoisotopic (exact) mass is 225 g/mol. The van der Waals surface area contributed by atoms with Crippen molar-refractivity contribution in [1.29, 1.82) is 0 Å². The number of hydrogen-bond donors (Lipinski definition) is 1. The second-order valence-electron chi connectivity index (χ2n) is 1.55. The van der Waals surface area contributed by atoms with Crippen molar-refractivity contribution in [3.8, 4) is 0 Å². The van der Waals surface area contributed by atoms with E-state index in [9.17, 15) is 34.8 Å². The van der Waals surface area contributed by atoms with Crippen LogP contribution in [0.3, 0.4) is 0 Å². The maximum absolute atomic E-state index is 11.2. The molecule has 0 heterocycles. The van der Waals surface area contributed by atoms with Gasteiger partial charge in [0.25, 0.3) is 0 Å². The molecular weight excluding hydrogens is 223 g/mol. The van der Waals surface area contributed by atoms with Crippen LogP contribution in [0.15, 0.2) is 0 Å². The predicted molar refractivity (Wildman–Crippen MR) is 31.3 cm³/mol. The molecule has 0 aromatic heterocycles. The first-order chi connectivity index (χ1) is 4.96. The Labute approximate surface area is 80.7 Å². The van der Waals surface area contributed by atoms with E-state index in [1.54, 1.807) is 0 Å². The summed E-state index contributed by atoms with van der Waals surface area (Å²) in [5.41, 5.74) is -5.96. The third kappa shape index (κ3) is 5.40. The summed E-state index contributed by atoms with van der Waals surface area (Å²) in [5, 5.41) is 0. The summed E-state index contributed by atoms with van der Waals surface area (Å²) in [5.74, 6) is 0. The summed E-state index contributed by atoms with van der Waals surface area (Å²) >= 11 is 0. The van der Waals surface area contributed by atoms with E-state index in [4.69, 9.17) is 0 Å². The molecule has 0 radical (unpaired) electrons. The number of sulfonamides is 1. The third-order valence-corrected chi connectivity index (χ3v) is 1.66. The average molecular weight is 225 g/mol. The Morgan fingerprint density at radius 3 is 1.31 bits per heavy atom. The quantitative estimate of drug-likeness (QED) is 0.396. The molecule has 0 aromatic rings. The van der Waals surface area contributed by atoms with Gasteiger partial charge in [0.1, 0.15) is 0 Å². The molecule has 0 aliphatic carbocycles. The van der Waals surface area contributed by atoms with E-state index >= 15 is 0 Å². The molecule has 1 N–H and O–H groups in total. The van der Waals surface area contributed by atoms with Crippen LogP contribution in [0, 0.1) is 0 Å². The van der Waals surface area contributed by atoms with Gasteiger partial charge in [-0.2, -0.15) is 26.3 Å². The molecule has 0 spiro atoms. The molecule has 76 valence electrons. The number of nitrogens with one attached hydrogen (secondary N) is 1. The number of alkyl halides is 6. The van der Waals surface area contributed by atoms with Gasteiger partial charge in [0.05, 0.1) is 0 Å². The van der Waals surface area contributed by atoms with E-state index in [-0.39, 0.29) is 18.9 Å². The zero-order valence-electron chi connectivity index (χ0n) is 4.99. The minimum atomic E-state index is -6.33. The van der Waals surface area contributed by atoms with Crippen molar-refractivity contribution in [2.24, 2.45) is 0 Å². The van der Waals surface area contributed by atoms with Crippen molar-refractivity contribution in [2.75, 3.05) is 0 Å². The Hall–Kier alpha value is 0.0874. The van der Waals surface area contributed by atoms with E-state index in [1.165, 1.54) is 0 Å². The van der Waals surface area contributed by atoms with Crippen LogP contribution in [-0.4, -0.2) is 39.1 Å². The molecule has 0 saturated heterocycles. The van der Waals surface area contributed by atoms with Gasteiger partial charge in [-0.1, -0.05) is 0 Å². The SMILES string of the molecule is O=S(=O)(NC(F)(F)F)C(F)(F)F.[LiH]. The van der Waals surface area contributed by atoms with Gasteiger partial charge in [-0.3, -0.25) is 0 Å². The number of hydrogen-bond acceptors (Lipinski definition) is 2. The van der Waals surface area contributed by atoms with Crippen molar-refractivity contribution in [3.05, 3.63) is 0 Å². The Kier molecular flexibility index (Phi) is 4.88. The molecule has 0 saturated carbocycles. The van der Waals surface area contributed by atoms with Crippen molar-refractivity contribution in [1.82, 2.24) is 4.72 Å². The fraction of sp³-hybridized carbons (Fsp3) is 1.00. The van der Waals surface area contributed by atoms with Crippen LogP contribution in [0.1, 0.15) is 0 Å². The van der Waals surface area contributed by atoms with Crippen LogP contribution in [0.2, 0.25) is 0 Å².